The van der Waals surface area contributed by atoms with Gasteiger partial charge in [-0.25, -0.2) is 0 Å². The fraction of sp³-hybridized carbons (Fsp3) is 0.192. The third-order valence-electron chi connectivity index (χ3n) is 5.62. The second-order valence-corrected chi connectivity index (χ2v) is 7.69. The quantitative estimate of drug-likeness (QED) is 0.530. The van der Waals surface area contributed by atoms with Crippen LogP contribution in [0.15, 0.2) is 72.8 Å². The van der Waals surface area contributed by atoms with Gasteiger partial charge in [0, 0.05) is 16.7 Å². The molecule has 8 heteroatoms. The number of amides is 2. The van der Waals surface area contributed by atoms with Gasteiger partial charge in [-0.2, -0.15) is 0 Å². The highest BCUT2D eigenvalue weighted by Crippen LogP contribution is 2.27. The Labute approximate surface area is 197 Å². The molecule has 174 valence electrons. The van der Waals surface area contributed by atoms with E-state index in [2.05, 4.69) is 10.7 Å². The predicted molar refractivity (Wildman–Crippen MR) is 127 cm³/mol. The second-order valence-electron chi connectivity index (χ2n) is 7.69. The Bertz CT molecular complexity index is 1210. The summed E-state index contributed by atoms with van der Waals surface area (Å²) in [4.78, 5) is 26.0. The van der Waals surface area contributed by atoms with Crippen LogP contribution >= 0.6 is 0 Å². The van der Waals surface area contributed by atoms with Crippen LogP contribution in [-0.2, 0) is 4.79 Å². The average molecular weight is 461 g/mol. The van der Waals surface area contributed by atoms with Gasteiger partial charge in [0.1, 0.15) is 17.2 Å². The number of carbonyl (C=O) groups is 2. The van der Waals surface area contributed by atoms with Crippen molar-refractivity contribution in [3.63, 3.8) is 0 Å². The molecule has 1 heterocycles. The molecule has 0 aromatic heterocycles. The van der Waals surface area contributed by atoms with Gasteiger partial charge >= 0.3 is 5.91 Å². The molecule has 4 rings (SSSR count). The zero-order valence-corrected chi connectivity index (χ0v) is 19.1. The number of hydrogen-bond donors (Lipinski definition) is 2. The average Bonchev–Trinajstić information content (AvgIpc) is 3.18. The summed E-state index contributed by atoms with van der Waals surface area (Å²) in [6, 6.07) is 20.3. The molecule has 3 aromatic rings. The lowest BCUT2D eigenvalue weighted by molar-refractivity contribution is -0.596. The number of hydrazone groups is 1. The van der Waals surface area contributed by atoms with Crippen molar-refractivity contribution in [1.82, 2.24) is 10.7 Å². The van der Waals surface area contributed by atoms with Gasteiger partial charge in [-0.3, -0.25) is 9.59 Å². The van der Waals surface area contributed by atoms with Gasteiger partial charge < -0.3 is 19.5 Å². The Morgan fingerprint density at radius 1 is 0.882 bits per heavy atom. The third-order valence-corrected chi connectivity index (χ3v) is 5.62. The van der Waals surface area contributed by atoms with Crippen LogP contribution in [0, 0.1) is 0 Å². The summed E-state index contributed by atoms with van der Waals surface area (Å²) < 4.78 is 17.4. The summed E-state index contributed by atoms with van der Waals surface area (Å²) in [5, 5.41) is 2.89. The van der Waals surface area contributed by atoms with Crippen LogP contribution in [0.25, 0.3) is 0 Å². The van der Waals surface area contributed by atoms with Crippen LogP contribution in [0.4, 0.5) is 0 Å². The van der Waals surface area contributed by atoms with Crippen molar-refractivity contribution in [2.24, 2.45) is 0 Å². The molecule has 2 N–H and O–H groups in total. The first-order valence-electron chi connectivity index (χ1n) is 10.7. The Kier molecular flexibility index (Phi) is 6.77. The van der Waals surface area contributed by atoms with Crippen LogP contribution in [0.2, 0.25) is 0 Å². The maximum atomic E-state index is 13.0. The highest BCUT2D eigenvalue weighted by atomic mass is 16.5. The number of benzene rings is 3. The summed E-state index contributed by atoms with van der Waals surface area (Å²) in [7, 11) is 4.75. The van der Waals surface area contributed by atoms with Crippen LogP contribution in [0.5, 0.6) is 17.2 Å². The first-order chi connectivity index (χ1) is 16.5. The molecule has 1 fully saturated rings. The highest BCUT2D eigenvalue weighted by Gasteiger charge is 2.47. The van der Waals surface area contributed by atoms with Gasteiger partial charge in [0.2, 0.25) is 12.3 Å². The van der Waals surface area contributed by atoms with E-state index in [4.69, 9.17) is 14.2 Å². The van der Waals surface area contributed by atoms with Crippen molar-refractivity contribution in [2.45, 2.75) is 12.1 Å². The van der Waals surface area contributed by atoms with E-state index in [1.54, 1.807) is 50.3 Å². The van der Waals surface area contributed by atoms with Gasteiger partial charge in [0.05, 0.1) is 21.3 Å². The van der Waals surface area contributed by atoms with E-state index in [0.29, 0.717) is 22.8 Å². The smallest absolute Gasteiger partial charge is 0.304 e. The first-order valence-corrected chi connectivity index (χ1v) is 10.7. The van der Waals surface area contributed by atoms with Gasteiger partial charge in [-0.15, -0.1) is 10.1 Å². The Morgan fingerprint density at radius 2 is 1.50 bits per heavy atom. The third kappa shape index (κ3) is 4.85. The molecule has 3 aromatic carbocycles. The van der Waals surface area contributed by atoms with Crippen molar-refractivity contribution in [3.8, 4) is 17.2 Å². The lowest BCUT2D eigenvalue weighted by Gasteiger charge is -2.15. The van der Waals surface area contributed by atoms with Crippen LogP contribution in [0.3, 0.4) is 0 Å². The number of nitrogens with zero attached hydrogens (tertiary/aromatic N) is 1. The Morgan fingerprint density at radius 3 is 2.12 bits per heavy atom. The molecule has 1 aliphatic rings. The van der Waals surface area contributed by atoms with E-state index >= 15 is 0 Å². The number of rotatable bonds is 7. The van der Waals surface area contributed by atoms with Crippen molar-refractivity contribution in [1.29, 1.82) is 0 Å². The van der Waals surface area contributed by atoms with E-state index in [1.807, 2.05) is 54.7 Å². The maximum absolute atomic E-state index is 13.0. The minimum atomic E-state index is -0.829. The highest BCUT2D eigenvalue weighted by molar-refractivity contribution is 5.98. The monoisotopic (exact) mass is 460 g/mol. The maximum Gasteiger partial charge on any atom is 0.304 e. The van der Waals surface area contributed by atoms with Crippen molar-refractivity contribution in [2.75, 3.05) is 21.3 Å². The van der Waals surface area contributed by atoms with Gasteiger partial charge in [0.25, 0.3) is 5.91 Å². The molecule has 0 bridgehead atoms. The number of carbonyl (C=O) groups excluding carboxylic acids is 2. The standard InChI is InChI=1S/C26H25N3O5/c1-32-20-11-7-18(8-12-20)24-23(27-25(30)19-9-13-21(33-2)14-10-19)26(31)28-29(24)16-17-5-4-6-22(15-17)34-3/h4-16,23-24H,1-3H3,(H-,27,28,30,31)/p+1/b29-16-/t23-,24-/m0/s1. The molecule has 1 aliphatic heterocycles. The Balaban J connectivity index is 1.68. The van der Waals surface area contributed by atoms with Gasteiger partial charge in [-0.1, -0.05) is 6.07 Å². The van der Waals surface area contributed by atoms with Gasteiger partial charge in [-0.05, 0) is 66.7 Å². The summed E-state index contributed by atoms with van der Waals surface area (Å²) in [5.41, 5.74) is 4.97. The molecule has 0 spiro atoms. The summed E-state index contributed by atoms with van der Waals surface area (Å²) in [6.45, 7) is 0. The number of methoxy groups -OCH3 is 3. The summed E-state index contributed by atoms with van der Waals surface area (Å²) >= 11 is 0. The SMILES string of the molecule is COc1ccc(C(=O)N[C@@H]2C(=O)N/[N+](=C\c3cccc(OC)c3)[C@H]2c2ccc(OC)cc2)cc1. The predicted octanol–water partition coefficient (Wildman–Crippen LogP) is 2.73. The van der Waals surface area contributed by atoms with Crippen molar-refractivity contribution >= 4 is 18.0 Å². The van der Waals surface area contributed by atoms with E-state index in [0.717, 1.165) is 11.1 Å². The zero-order chi connectivity index (χ0) is 24.1. The molecular formula is C26H26N3O5+. The number of nitrogens with one attached hydrogen (secondary N) is 2. The van der Waals surface area contributed by atoms with Gasteiger partial charge in [0.15, 0.2) is 6.04 Å². The minimum absolute atomic E-state index is 0.318. The minimum Gasteiger partial charge on any atom is -0.497 e. The summed E-state index contributed by atoms with van der Waals surface area (Å²) in [6.07, 6.45) is 1.81. The molecule has 8 nitrogen and oxygen atoms in total. The van der Waals surface area contributed by atoms with Crippen molar-refractivity contribution in [3.05, 3.63) is 89.5 Å². The lowest BCUT2D eigenvalue weighted by Crippen LogP contribution is -2.42. The van der Waals surface area contributed by atoms with E-state index in [1.165, 1.54) is 0 Å². The van der Waals surface area contributed by atoms with Crippen LogP contribution in [-0.4, -0.2) is 50.1 Å². The largest absolute Gasteiger partial charge is 0.497 e. The summed E-state index contributed by atoms with van der Waals surface area (Å²) in [5.74, 6) is 1.37. The molecule has 0 unspecified atom stereocenters. The fourth-order valence-corrected chi connectivity index (χ4v) is 3.83. The lowest BCUT2D eigenvalue weighted by atomic mass is 9.99. The molecule has 2 atom stereocenters. The molecule has 1 saturated heterocycles. The number of hydrazine groups is 1. The van der Waals surface area contributed by atoms with E-state index in [9.17, 15) is 9.59 Å². The van der Waals surface area contributed by atoms with E-state index < -0.39 is 12.1 Å². The molecule has 0 radical (unpaired) electrons. The topological polar surface area (TPSA) is 88.9 Å². The molecule has 0 aliphatic carbocycles. The molecule has 0 saturated carbocycles. The first kappa shape index (κ1) is 22.8. The number of ether oxygens (including phenoxy) is 3. The Hall–Kier alpha value is -4.33. The normalized spacial score (nSPS) is 18.3. The molecule has 2 amide bonds. The fourth-order valence-electron chi connectivity index (χ4n) is 3.83. The van der Waals surface area contributed by atoms with Crippen molar-refractivity contribution < 1.29 is 28.5 Å². The second kappa shape index (κ2) is 10.1. The molecule has 34 heavy (non-hydrogen) atoms. The van der Waals surface area contributed by atoms with Crippen LogP contribution < -0.4 is 25.0 Å². The number of hydrogen-bond acceptors (Lipinski definition) is 5. The van der Waals surface area contributed by atoms with Crippen LogP contribution in [0.1, 0.15) is 27.5 Å². The zero-order valence-electron chi connectivity index (χ0n) is 19.1. The molecular weight excluding hydrogens is 434 g/mol. The van der Waals surface area contributed by atoms with E-state index in [-0.39, 0.29) is 11.8 Å².